The Bertz CT molecular complexity index is 542. The van der Waals surface area contributed by atoms with Gasteiger partial charge in [-0.2, -0.15) is 0 Å². The number of carboxylic acids is 1. The average molecular weight is 466 g/mol. The number of carbonyl (C=O) groups excluding carboxylic acids is 1. The summed E-state index contributed by atoms with van der Waals surface area (Å²) in [6.07, 6.45) is -14.5. The minimum absolute atomic E-state index is 0. The normalized spacial score (nSPS) is 42.9. The molecule has 2 saturated heterocycles. The van der Waals surface area contributed by atoms with E-state index in [0.717, 1.165) is 11.8 Å². The molecule has 12 nitrogen and oxygen atoms in total. The van der Waals surface area contributed by atoms with E-state index < -0.39 is 79.2 Å². The van der Waals surface area contributed by atoms with Gasteiger partial charge < -0.3 is 59.5 Å². The topological polar surface area (TPSA) is 198 Å². The fourth-order valence-corrected chi connectivity index (χ4v) is 3.93. The van der Waals surface area contributed by atoms with Crippen molar-refractivity contribution in [2.75, 3.05) is 19.5 Å². The molecule has 14 heteroatoms. The molecule has 0 radical (unpaired) electrons. The number of carboxylic acid groups (broad SMARTS) is 1. The minimum Gasteiger partial charge on any atom is -0.549 e. The third-order valence-corrected chi connectivity index (χ3v) is 6.07. The van der Waals surface area contributed by atoms with Crippen LogP contribution in [0.25, 0.3) is 0 Å². The van der Waals surface area contributed by atoms with Crippen molar-refractivity contribution < 1.29 is 89.0 Å². The fraction of sp³-hybridized carbons (Fsp3) is 0.938. The summed E-state index contributed by atoms with van der Waals surface area (Å²) in [7, 11) is 1.23. The molecule has 170 valence electrons. The van der Waals surface area contributed by atoms with Gasteiger partial charge in [-0.15, -0.1) is 11.8 Å². The molecule has 0 amide bonds. The molecule has 2 heterocycles. The quantitative estimate of drug-likeness (QED) is 0.185. The fourth-order valence-electron chi connectivity index (χ4n) is 3.04. The maximum atomic E-state index is 10.8. The van der Waals surface area contributed by atoms with Gasteiger partial charge in [0.2, 0.25) is 0 Å². The van der Waals surface area contributed by atoms with Gasteiger partial charge in [0, 0.05) is 18.1 Å². The molecule has 0 saturated carbocycles. The molecule has 0 spiro atoms. The third-order valence-electron chi connectivity index (χ3n) is 4.86. The van der Waals surface area contributed by atoms with E-state index >= 15 is 0 Å². The number of aliphatic carboxylic acids is 1. The molecule has 11 atom stereocenters. The van der Waals surface area contributed by atoms with Gasteiger partial charge >= 0.3 is 29.6 Å². The van der Waals surface area contributed by atoms with E-state index in [0.29, 0.717) is 0 Å². The molecular formula is C16H27NaO12S. The van der Waals surface area contributed by atoms with Crippen molar-refractivity contribution in [2.45, 2.75) is 73.6 Å². The summed E-state index contributed by atoms with van der Waals surface area (Å²) >= 11 is 0.889. The zero-order valence-corrected chi connectivity index (χ0v) is 19.6. The number of ether oxygens (including phenoxy) is 4. The van der Waals surface area contributed by atoms with Crippen LogP contribution in [0.3, 0.4) is 0 Å². The van der Waals surface area contributed by atoms with Gasteiger partial charge in [0.25, 0.3) is 0 Å². The third kappa shape index (κ3) is 6.48. The first-order chi connectivity index (χ1) is 13.6. The van der Waals surface area contributed by atoms with E-state index in [2.05, 4.69) is 0 Å². The van der Waals surface area contributed by atoms with Crippen molar-refractivity contribution in [1.29, 1.82) is 0 Å². The number of rotatable bonds is 8. The predicted molar refractivity (Wildman–Crippen MR) is 93.3 cm³/mol. The average Bonchev–Trinajstić information content (AvgIpc) is 2.70. The van der Waals surface area contributed by atoms with Crippen molar-refractivity contribution in [3.05, 3.63) is 0 Å². The molecule has 0 aromatic carbocycles. The van der Waals surface area contributed by atoms with Gasteiger partial charge in [-0.25, -0.2) is 0 Å². The number of methoxy groups -OCH3 is 1. The Hall–Kier alpha value is 0.420. The van der Waals surface area contributed by atoms with Crippen LogP contribution in [0.15, 0.2) is 0 Å². The first kappa shape index (κ1) is 28.5. The van der Waals surface area contributed by atoms with Crippen LogP contribution in [0, 0.1) is 0 Å². The molecule has 6 N–H and O–H groups in total. The second-order valence-corrected chi connectivity index (χ2v) is 8.23. The number of aliphatic hydroxyl groups excluding tert-OH is 6. The Labute approximate surface area is 199 Å². The Morgan fingerprint density at radius 2 is 1.57 bits per heavy atom. The van der Waals surface area contributed by atoms with E-state index in [1.54, 1.807) is 0 Å². The largest absolute Gasteiger partial charge is 1.00 e. The van der Waals surface area contributed by atoms with Crippen molar-refractivity contribution in [3.8, 4) is 0 Å². The van der Waals surface area contributed by atoms with E-state index in [1.807, 2.05) is 0 Å². The molecule has 2 fully saturated rings. The molecule has 2 aliphatic heterocycles. The second kappa shape index (κ2) is 12.6. The number of thioether (sulfide) groups is 1. The molecule has 0 aromatic heterocycles. The van der Waals surface area contributed by atoms with Gasteiger partial charge in [-0.1, -0.05) is 0 Å². The second-order valence-electron chi connectivity index (χ2n) is 6.85. The Kier molecular flexibility index (Phi) is 12.0. The maximum Gasteiger partial charge on any atom is 1.00 e. The summed E-state index contributed by atoms with van der Waals surface area (Å²) in [5.74, 6) is -1.38. The SMILES string of the molecule is CO[C@@H]1O[C@H](CO)[C@@H](O[C@@H]2O[C@H](CSC(C)C(=O)[O-])[C@H](O)[C@H](O)[C@H]2O)[C@H](O)[C@H]1O.[Na+]. The Morgan fingerprint density at radius 1 is 1.00 bits per heavy atom. The molecule has 0 bridgehead atoms. The minimum atomic E-state index is -1.73. The van der Waals surface area contributed by atoms with E-state index in [1.165, 1.54) is 14.0 Å². The molecule has 2 rings (SSSR count). The summed E-state index contributed by atoms with van der Waals surface area (Å²) < 4.78 is 21.1. The van der Waals surface area contributed by atoms with Crippen LogP contribution in [0.5, 0.6) is 0 Å². The van der Waals surface area contributed by atoms with Gasteiger partial charge in [0.15, 0.2) is 12.6 Å². The zero-order chi connectivity index (χ0) is 21.9. The van der Waals surface area contributed by atoms with Crippen LogP contribution in [0.2, 0.25) is 0 Å². The van der Waals surface area contributed by atoms with Gasteiger partial charge in [-0.05, 0) is 6.92 Å². The smallest absolute Gasteiger partial charge is 0.549 e. The van der Waals surface area contributed by atoms with Gasteiger partial charge in [0.1, 0.15) is 42.7 Å². The van der Waals surface area contributed by atoms with E-state index in [4.69, 9.17) is 18.9 Å². The van der Waals surface area contributed by atoms with Crippen LogP contribution >= 0.6 is 11.8 Å². The molecule has 0 aliphatic carbocycles. The number of hydrogen-bond donors (Lipinski definition) is 6. The standard InChI is InChI=1S/C16H28O12S.Na/c1-5(14(23)24)29-4-7-8(18)9(19)11(21)16(27-7)28-13-6(3-17)26-15(25-2)12(22)10(13)20;/h5-13,15-22H,3-4H2,1-2H3,(H,23,24);/q;+1/p-1/t5?,6-,7-,8+,9+,10-,11-,12-,13-,15-,16+;/m1./s1. The summed E-state index contributed by atoms with van der Waals surface area (Å²) in [6.45, 7) is 0.758. The van der Waals surface area contributed by atoms with Crippen LogP contribution < -0.4 is 34.7 Å². The molecule has 30 heavy (non-hydrogen) atoms. The van der Waals surface area contributed by atoms with Gasteiger partial charge in [-0.3, -0.25) is 0 Å². The molecular weight excluding hydrogens is 439 g/mol. The molecule has 2 aliphatic rings. The predicted octanol–water partition coefficient (Wildman–Crippen LogP) is -7.86. The van der Waals surface area contributed by atoms with Crippen molar-refractivity contribution >= 4 is 17.7 Å². The molecule has 1 unspecified atom stereocenters. The maximum absolute atomic E-state index is 10.8. The van der Waals surface area contributed by atoms with Crippen LogP contribution in [0.4, 0.5) is 0 Å². The summed E-state index contributed by atoms with van der Waals surface area (Å²) in [5, 5.41) is 70.2. The first-order valence-corrected chi connectivity index (χ1v) is 10.00. The number of hydrogen-bond acceptors (Lipinski definition) is 13. The monoisotopic (exact) mass is 466 g/mol. The summed E-state index contributed by atoms with van der Waals surface area (Å²) in [4.78, 5) is 10.8. The molecule has 0 aromatic rings. The summed E-state index contributed by atoms with van der Waals surface area (Å²) in [6, 6.07) is 0. The Balaban J connectivity index is 0.00000450. The van der Waals surface area contributed by atoms with Crippen LogP contribution in [-0.2, 0) is 23.7 Å². The number of carbonyl (C=O) groups is 1. The first-order valence-electron chi connectivity index (χ1n) is 8.95. The van der Waals surface area contributed by atoms with Crippen molar-refractivity contribution in [2.24, 2.45) is 0 Å². The van der Waals surface area contributed by atoms with E-state index in [-0.39, 0.29) is 35.3 Å². The van der Waals surface area contributed by atoms with Crippen LogP contribution in [-0.4, -0.2) is 123 Å². The van der Waals surface area contributed by atoms with Crippen LogP contribution in [0.1, 0.15) is 6.92 Å². The summed E-state index contributed by atoms with van der Waals surface area (Å²) in [5.41, 5.74) is 0. The van der Waals surface area contributed by atoms with Crippen molar-refractivity contribution in [1.82, 2.24) is 0 Å². The Morgan fingerprint density at radius 3 is 2.10 bits per heavy atom. The zero-order valence-electron chi connectivity index (χ0n) is 16.8. The van der Waals surface area contributed by atoms with Crippen molar-refractivity contribution in [3.63, 3.8) is 0 Å². The number of aliphatic hydroxyl groups is 6. The van der Waals surface area contributed by atoms with Gasteiger partial charge in [0.05, 0.1) is 18.7 Å². The van der Waals surface area contributed by atoms with E-state index in [9.17, 15) is 40.5 Å².